The number of likely N-dealkylation sites (N-methyl/N-ethyl adjacent to an activating group) is 1. The highest BCUT2D eigenvalue weighted by Gasteiger charge is 2.22. The molecule has 0 spiro atoms. The molecule has 0 aliphatic heterocycles. The van der Waals surface area contributed by atoms with Crippen molar-refractivity contribution in [3.8, 4) is 0 Å². The second kappa shape index (κ2) is 6.40. The summed E-state index contributed by atoms with van der Waals surface area (Å²) in [6.45, 7) is 6.46. The first-order valence-electron chi connectivity index (χ1n) is 5.07. The molecule has 0 aromatic rings. The van der Waals surface area contributed by atoms with Crippen LogP contribution in [0.25, 0.3) is 0 Å². The van der Waals surface area contributed by atoms with Gasteiger partial charge in [-0.25, -0.2) is 0 Å². The summed E-state index contributed by atoms with van der Waals surface area (Å²) >= 11 is 0. The minimum atomic E-state index is -0.451. The van der Waals surface area contributed by atoms with Crippen molar-refractivity contribution >= 4 is 12.3 Å². The van der Waals surface area contributed by atoms with Crippen molar-refractivity contribution in [2.45, 2.75) is 39.7 Å². The van der Waals surface area contributed by atoms with Crippen molar-refractivity contribution in [1.82, 2.24) is 4.90 Å². The highest BCUT2D eigenvalue weighted by Crippen LogP contribution is 2.13. The Kier molecular flexibility index (Phi) is 5.92. The van der Waals surface area contributed by atoms with E-state index in [1.54, 1.807) is 0 Å². The summed E-state index contributed by atoms with van der Waals surface area (Å²) < 4.78 is 0. The predicted octanol–water partition coefficient (Wildman–Crippen LogP) is 0.755. The molecule has 4 heteroatoms. The Labute approximate surface area is 85.4 Å². The van der Waals surface area contributed by atoms with Gasteiger partial charge in [0.1, 0.15) is 6.04 Å². The highest BCUT2D eigenvalue weighted by molar-refractivity contribution is 5.81. The Bertz CT molecular complexity index is 195. The Morgan fingerprint density at radius 3 is 2.36 bits per heavy atom. The van der Waals surface area contributed by atoms with Gasteiger partial charge in [0, 0.05) is 6.54 Å². The van der Waals surface area contributed by atoms with Gasteiger partial charge >= 0.3 is 0 Å². The Balaban J connectivity index is 4.41. The van der Waals surface area contributed by atoms with Crippen molar-refractivity contribution in [3.05, 3.63) is 0 Å². The van der Waals surface area contributed by atoms with Crippen molar-refractivity contribution in [2.75, 3.05) is 6.54 Å². The van der Waals surface area contributed by atoms with Crippen LogP contribution in [-0.4, -0.2) is 29.8 Å². The van der Waals surface area contributed by atoms with Gasteiger partial charge in [0.25, 0.3) is 0 Å². The third-order valence-electron chi connectivity index (χ3n) is 2.55. The van der Waals surface area contributed by atoms with E-state index in [1.807, 2.05) is 6.92 Å². The van der Waals surface area contributed by atoms with E-state index in [9.17, 15) is 9.59 Å². The molecule has 0 aromatic heterocycles. The first-order valence-corrected chi connectivity index (χ1v) is 5.07. The smallest absolute Gasteiger partial charge is 0.240 e. The molecule has 0 radical (unpaired) electrons. The van der Waals surface area contributed by atoms with Gasteiger partial charge in [0.2, 0.25) is 12.3 Å². The normalized spacial score (nSPS) is 14.5. The number of carbonyl (C=O) groups is 2. The Hall–Kier alpha value is -1.06. The number of carbonyl (C=O) groups excluding carboxylic acids is 2. The van der Waals surface area contributed by atoms with Gasteiger partial charge in [-0.15, -0.1) is 0 Å². The van der Waals surface area contributed by atoms with Crippen LogP contribution in [0.2, 0.25) is 0 Å². The van der Waals surface area contributed by atoms with Crippen LogP contribution in [0.4, 0.5) is 0 Å². The molecule has 0 heterocycles. The lowest BCUT2D eigenvalue weighted by molar-refractivity contribution is -0.131. The van der Waals surface area contributed by atoms with E-state index in [1.165, 1.54) is 4.90 Å². The van der Waals surface area contributed by atoms with Crippen LogP contribution in [-0.2, 0) is 9.59 Å². The summed E-state index contributed by atoms with van der Waals surface area (Å²) in [5, 5.41) is 0. The molecule has 14 heavy (non-hydrogen) atoms. The molecule has 2 atom stereocenters. The van der Waals surface area contributed by atoms with Gasteiger partial charge in [-0.1, -0.05) is 20.3 Å². The zero-order chi connectivity index (χ0) is 11.1. The van der Waals surface area contributed by atoms with Crippen LogP contribution in [0.5, 0.6) is 0 Å². The minimum Gasteiger partial charge on any atom is -0.368 e. The maximum atomic E-state index is 11.1. The quantitative estimate of drug-likeness (QED) is 0.616. The van der Waals surface area contributed by atoms with E-state index >= 15 is 0 Å². The number of rotatable bonds is 7. The van der Waals surface area contributed by atoms with Gasteiger partial charge in [-0.05, 0) is 19.3 Å². The number of nitrogens with two attached hydrogens (primary N) is 1. The second-order valence-corrected chi connectivity index (χ2v) is 3.60. The van der Waals surface area contributed by atoms with Gasteiger partial charge < -0.3 is 10.6 Å². The summed E-state index contributed by atoms with van der Waals surface area (Å²) in [5.41, 5.74) is 5.25. The zero-order valence-corrected chi connectivity index (χ0v) is 9.19. The van der Waals surface area contributed by atoms with E-state index in [-0.39, 0.29) is 0 Å². The topological polar surface area (TPSA) is 63.4 Å². The maximum absolute atomic E-state index is 11.1. The number of nitrogens with zero attached hydrogens (tertiary/aromatic N) is 1. The lowest BCUT2D eigenvalue weighted by Gasteiger charge is -2.26. The van der Waals surface area contributed by atoms with Gasteiger partial charge in [-0.3, -0.25) is 9.59 Å². The fraction of sp³-hybridized carbons (Fsp3) is 0.800. The molecule has 4 nitrogen and oxygen atoms in total. The molecule has 0 saturated carbocycles. The SMILES string of the molecule is CCC(C)CC(C(N)=O)N(C=O)CC. The van der Waals surface area contributed by atoms with Gasteiger partial charge in [-0.2, -0.15) is 0 Å². The molecule has 2 unspecified atom stereocenters. The highest BCUT2D eigenvalue weighted by atomic mass is 16.2. The molecule has 0 aliphatic carbocycles. The van der Waals surface area contributed by atoms with Crippen LogP contribution < -0.4 is 5.73 Å². The van der Waals surface area contributed by atoms with Gasteiger partial charge in [0.05, 0.1) is 0 Å². The van der Waals surface area contributed by atoms with Crippen LogP contribution in [0, 0.1) is 5.92 Å². The van der Waals surface area contributed by atoms with Crippen LogP contribution in [0.1, 0.15) is 33.6 Å². The third-order valence-corrected chi connectivity index (χ3v) is 2.55. The summed E-state index contributed by atoms with van der Waals surface area (Å²) in [4.78, 5) is 23.3. The van der Waals surface area contributed by atoms with E-state index in [2.05, 4.69) is 13.8 Å². The van der Waals surface area contributed by atoms with Crippen LogP contribution in [0.3, 0.4) is 0 Å². The number of amides is 2. The summed E-state index contributed by atoms with van der Waals surface area (Å²) in [6.07, 6.45) is 2.33. The average Bonchev–Trinajstić information content (AvgIpc) is 2.17. The van der Waals surface area contributed by atoms with Crippen LogP contribution >= 0.6 is 0 Å². The minimum absolute atomic E-state index is 0.404. The fourth-order valence-corrected chi connectivity index (χ4v) is 1.33. The summed E-state index contributed by atoms with van der Waals surface area (Å²) in [5.74, 6) is -0.0132. The van der Waals surface area contributed by atoms with Gasteiger partial charge in [0.15, 0.2) is 0 Å². The molecule has 0 saturated heterocycles. The monoisotopic (exact) mass is 200 g/mol. The fourth-order valence-electron chi connectivity index (χ4n) is 1.33. The van der Waals surface area contributed by atoms with E-state index in [0.29, 0.717) is 25.3 Å². The molecule has 0 aliphatic rings. The molecule has 2 amide bonds. The molecule has 0 rings (SSSR count). The molecule has 0 fully saturated rings. The second-order valence-electron chi connectivity index (χ2n) is 3.60. The molecular weight excluding hydrogens is 180 g/mol. The summed E-state index contributed by atoms with van der Waals surface area (Å²) in [7, 11) is 0. The van der Waals surface area contributed by atoms with E-state index in [0.717, 1.165) is 6.42 Å². The van der Waals surface area contributed by atoms with Crippen molar-refractivity contribution in [1.29, 1.82) is 0 Å². The number of hydrogen-bond donors (Lipinski definition) is 1. The molecule has 0 bridgehead atoms. The largest absolute Gasteiger partial charge is 0.368 e. The lowest BCUT2D eigenvalue weighted by atomic mass is 9.98. The predicted molar refractivity (Wildman–Crippen MR) is 55.5 cm³/mol. The Morgan fingerprint density at radius 2 is 2.07 bits per heavy atom. The first-order chi connectivity index (χ1) is 6.56. The third kappa shape index (κ3) is 3.77. The number of primary amides is 1. The lowest BCUT2D eigenvalue weighted by Crippen LogP contribution is -2.44. The van der Waals surface area contributed by atoms with Crippen molar-refractivity contribution < 1.29 is 9.59 Å². The van der Waals surface area contributed by atoms with E-state index < -0.39 is 11.9 Å². The van der Waals surface area contributed by atoms with Crippen LogP contribution in [0.15, 0.2) is 0 Å². The average molecular weight is 200 g/mol. The maximum Gasteiger partial charge on any atom is 0.240 e. The molecule has 82 valence electrons. The number of hydrogen-bond acceptors (Lipinski definition) is 2. The van der Waals surface area contributed by atoms with Crippen molar-refractivity contribution in [3.63, 3.8) is 0 Å². The molecular formula is C10H20N2O2. The summed E-state index contributed by atoms with van der Waals surface area (Å²) in [6, 6.07) is -0.451. The first kappa shape index (κ1) is 12.9. The standard InChI is InChI=1S/C10H20N2O2/c1-4-8(3)6-9(10(11)14)12(5-2)7-13/h7-9H,4-6H2,1-3H3,(H2,11,14). The molecule has 2 N–H and O–H groups in total. The Morgan fingerprint density at radius 1 is 1.50 bits per heavy atom. The van der Waals surface area contributed by atoms with Crippen molar-refractivity contribution in [2.24, 2.45) is 11.7 Å². The van der Waals surface area contributed by atoms with E-state index in [4.69, 9.17) is 5.73 Å². The zero-order valence-electron chi connectivity index (χ0n) is 9.19. The molecule has 0 aromatic carbocycles.